The minimum Gasteiger partial charge on any atom is -0.459 e. The summed E-state index contributed by atoms with van der Waals surface area (Å²) in [6.45, 7) is 0.687. The zero-order valence-electron chi connectivity index (χ0n) is 19.8. The van der Waals surface area contributed by atoms with Gasteiger partial charge in [0.1, 0.15) is 22.6 Å². The van der Waals surface area contributed by atoms with E-state index in [0.29, 0.717) is 6.54 Å². The Labute approximate surface area is 212 Å². The number of furan rings is 2. The van der Waals surface area contributed by atoms with Gasteiger partial charge in [0.25, 0.3) is 0 Å². The lowest BCUT2D eigenvalue weighted by atomic mass is 10.1. The number of aromatic nitrogens is 1. The maximum absolute atomic E-state index is 6.44. The zero-order chi connectivity index (χ0) is 24.3. The average molecular weight is 480 g/mol. The largest absolute Gasteiger partial charge is 0.459 e. The van der Waals surface area contributed by atoms with Gasteiger partial charge < -0.3 is 19.1 Å². The van der Waals surface area contributed by atoms with Crippen LogP contribution < -0.4 is 10.2 Å². The van der Waals surface area contributed by atoms with Gasteiger partial charge >= 0.3 is 0 Å². The minimum atomic E-state index is 0.687. The van der Waals surface area contributed by atoms with Crippen molar-refractivity contribution < 1.29 is 8.83 Å². The van der Waals surface area contributed by atoms with Gasteiger partial charge in [-0.3, -0.25) is 4.98 Å². The van der Waals surface area contributed by atoms with Crippen LogP contribution in [0.1, 0.15) is 11.3 Å². The van der Waals surface area contributed by atoms with Gasteiger partial charge in [-0.2, -0.15) is 0 Å². The summed E-state index contributed by atoms with van der Waals surface area (Å²) in [7, 11) is 0. The normalized spacial score (nSPS) is 12.9. The third-order valence-corrected chi connectivity index (χ3v) is 7.17. The number of pyridine rings is 1. The molecule has 0 saturated carbocycles. The van der Waals surface area contributed by atoms with Crippen molar-refractivity contribution in [2.45, 2.75) is 6.54 Å². The molecule has 0 bridgehead atoms. The highest BCUT2D eigenvalue weighted by atomic mass is 16.3. The van der Waals surface area contributed by atoms with Gasteiger partial charge in [0.05, 0.1) is 12.7 Å². The number of hydrogen-bond donors (Lipinski definition) is 1. The first-order valence-corrected chi connectivity index (χ1v) is 12.3. The van der Waals surface area contributed by atoms with Gasteiger partial charge in [0, 0.05) is 39.3 Å². The number of nitrogens with one attached hydrogen (secondary N) is 1. The van der Waals surface area contributed by atoms with Crippen LogP contribution in [0.15, 0.2) is 112 Å². The summed E-state index contributed by atoms with van der Waals surface area (Å²) in [6, 6.07) is 29.4. The molecule has 3 aromatic heterocycles. The van der Waals surface area contributed by atoms with Crippen LogP contribution in [-0.4, -0.2) is 4.98 Å². The molecule has 37 heavy (non-hydrogen) atoms. The first kappa shape index (κ1) is 20.2. The summed E-state index contributed by atoms with van der Waals surface area (Å²) in [5, 5.41) is 8.74. The number of anilines is 3. The molecule has 0 fully saturated rings. The Morgan fingerprint density at radius 3 is 2.49 bits per heavy atom. The Morgan fingerprint density at radius 2 is 1.51 bits per heavy atom. The van der Waals surface area contributed by atoms with Crippen LogP contribution in [-0.2, 0) is 6.54 Å². The van der Waals surface area contributed by atoms with Gasteiger partial charge in [-0.05, 0) is 59.4 Å². The van der Waals surface area contributed by atoms with E-state index in [4.69, 9.17) is 8.83 Å². The molecule has 1 aliphatic heterocycles. The molecule has 0 aliphatic carbocycles. The lowest BCUT2D eigenvalue weighted by Crippen LogP contribution is -2.10. The molecule has 4 heterocycles. The van der Waals surface area contributed by atoms with Crippen molar-refractivity contribution in [3.63, 3.8) is 0 Å². The van der Waals surface area contributed by atoms with Crippen LogP contribution in [0.3, 0.4) is 0 Å². The van der Waals surface area contributed by atoms with E-state index in [1.807, 2.05) is 36.8 Å². The van der Waals surface area contributed by atoms with E-state index in [9.17, 15) is 0 Å². The molecular formula is C32H21N3O2. The smallest absolute Gasteiger partial charge is 0.162 e. The van der Waals surface area contributed by atoms with E-state index in [1.165, 1.54) is 10.8 Å². The summed E-state index contributed by atoms with van der Waals surface area (Å²) < 4.78 is 12.6. The third kappa shape index (κ3) is 3.07. The molecule has 5 heteroatoms. The van der Waals surface area contributed by atoms with Gasteiger partial charge in [-0.15, -0.1) is 0 Å². The molecular weight excluding hydrogens is 458 g/mol. The molecule has 176 valence electrons. The molecule has 0 spiro atoms. The molecule has 0 atom stereocenters. The van der Waals surface area contributed by atoms with Crippen molar-refractivity contribution in [3.8, 4) is 0 Å². The van der Waals surface area contributed by atoms with E-state index >= 15 is 0 Å². The van der Waals surface area contributed by atoms with Crippen LogP contribution in [0, 0.1) is 0 Å². The predicted molar refractivity (Wildman–Crippen MR) is 149 cm³/mol. The van der Waals surface area contributed by atoms with Crippen LogP contribution in [0.25, 0.3) is 49.8 Å². The standard InChI is InChI=1S/C32H21N3O2/c1-2-6-21-15-22(10-9-20(21)5-1)35(23-11-12-30-26(16-23)25-13-14-33-19-31(25)36-30)28-18-34-17-27-24-7-3-4-8-29(24)37-32(27)28/h1-18,33H,19H2. The van der Waals surface area contributed by atoms with Crippen LogP contribution >= 0.6 is 0 Å². The van der Waals surface area contributed by atoms with Crippen molar-refractivity contribution in [2.24, 2.45) is 0 Å². The fourth-order valence-corrected chi connectivity index (χ4v) is 5.43. The first-order chi connectivity index (χ1) is 18.3. The second kappa shape index (κ2) is 7.73. The Balaban J connectivity index is 1.42. The van der Waals surface area contributed by atoms with Gasteiger partial charge in [-0.1, -0.05) is 48.5 Å². The lowest BCUT2D eigenvalue weighted by Gasteiger charge is -2.25. The van der Waals surface area contributed by atoms with Crippen LogP contribution in [0.4, 0.5) is 17.1 Å². The predicted octanol–water partition coefficient (Wildman–Crippen LogP) is 8.42. The highest BCUT2D eigenvalue weighted by Gasteiger charge is 2.22. The molecule has 7 aromatic rings. The number of rotatable bonds is 3. The number of benzene rings is 4. The molecule has 0 amide bonds. The summed E-state index contributed by atoms with van der Waals surface area (Å²) in [4.78, 5) is 6.88. The van der Waals surface area contributed by atoms with Crippen molar-refractivity contribution in [1.29, 1.82) is 0 Å². The Bertz CT molecular complexity index is 2010. The molecule has 0 saturated heterocycles. The number of fused-ring (bicyclic) bond motifs is 7. The van der Waals surface area contributed by atoms with Crippen molar-refractivity contribution in [3.05, 3.63) is 115 Å². The van der Waals surface area contributed by atoms with Gasteiger partial charge in [0.2, 0.25) is 0 Å². The Hall–Kier alpha value is -5.03. The second-order valence-electron chi connectivity index (χ2n) is 9.33. The Morgan fingerprint density at radius 1 is 0.703 bits per heavy atom. The van der Waals surface area contributed by atoms with E-state index in [1.54, 1.807) is 0 Å². The molecule has 0 unspecified atom stereocenters. The molecule has 8 rings (SSSR count). The maximum atomic E-state index is 6.44. The van der Waals surface area contributed by atoms with Crippen molar-refractivity contribution in [1.82, 2.24) is 10.3 Å². The summed E-state index contributed by atoms with van der Waals surface area (Å²) in [5.74, 6) is 0.952. The van der Waals surface area contributed by atoms with Crippen molar-refractivity contribution >= 4 is 66.8 Å². The molecule has 4 aromatic carbocycles. The molecule has 0 radical (unpaired) electrons. The van der Waals surface area contributed by atoms with E-state index in [-0.39, 0.29) is 0 Å². The fraction of sp³-hybridized carbons (Fsp3) is 0.0312. The first-order valence-electron chi connectivity index (χ1n) is 12.3. The summed E-state index contributed by atoms with van der Waals surface area (Å²) in [6.07, 6.45) is 7.83. The monoisotopic (exact) mass is 479 g/mol. The quantitative estimate of drug-likeness (QED) is 0.276. The van der Waals surface area contributed by atoms with Gasteiger partial charge in [-0.25, -0.2) is 0 Å². The topological polar surface area (TPSA) is 54.4 Å². The molecule has 1 N–H and O–H groups in total. The Kier molecular flexibility index (Phi) is 4.22. The molecule has 5 nitrogen and oxygen atoms in total. The van der Waals surface area contributed by atoms with Crippen LogP contribution in [0.2, 0.25) is 0 Å². The second-order valence-corrected chi connectivity index (χ2v) is 9.33. The fourth-order valence-electron chi connectivity index (χ4n) is 5.43. The van der Waals surface area contributed by atoms with Crippen molar-refractivity contribution in [2.75, 3.05) is 4.90 Å². The number of nitrogens with zero attached hydrogens (tertiary/aromatic N) is 2. The summed E-state index contributed by atoms with van der Waals surface area (Å²) >= 11 is 0. The number of para-hydroxylation sites is 1. The molecule has 1 aliphatic rings. The SMILES string of the molecule is C1=Cc2c(oc3ccc(N(c4ccc5ccccc5c4)c4cncc5c4oc4ccccc45)cc23)CN1. The van der Waals surface area contributed by atoms with E-state index in [2.05, 4.69) is 88.0 Å². The average Bonchev–Trinajstić information content (AvgIpc) is 3.52. The minimum absolute atomic E-state index is 0.687. The van der Waals surface area contributed by atoms with E-state index < -0.39 is 0 Å². The maximum Gasteiger partial charge on any atom is 0.162 e. The number of hydrogen-bond acceptors (Lipinski definition) is 5. The van der Waals surface area contributed by atoms with Gasteiger partial charge in [0.15, 0.2) is 5.58 Å². The third-order valence-electron chi connectivity index (χ3n) is 7.17. The zero-order valence-corrected chi connectivity index (χ0v) is 19.8. The van der Waals surface area contributed by atoms with E-state index in [0.717, 1.165) is 61.3 Å². The highest BCUT2D eigenvalue weighted by Crippen LogP contribution is 2.43. The summed E-state index contributed by atoms with van der Waals surface area (Å²) in [5.41, 5.74) is 6.58. The lowest BCUT2D eigenvalue weighted by molar-refractivity contribution is 0.532. The highest BCUT2D eigenvalue weighted by molar-refractivity contribution is 6.10. The van der Waals surface area contributed by atoms with Crippen LogP contribution in [0.5, 0.6) is 0 Å².